The summed E-state index contributed by atoms with van der Waals surface area (Å²) in [6.07, 6.45) is 3.68. The van der Waals surface area contributed by atoms with Crippen LogP contribution in [0.4, 0.5) is 21.9 Å². The predicted octanol–water partition coefficient (Wildman–Crippen LogP) is 5.45. The fourth-order valence-electron chi connectivity index (χ4n) is 4.36. The van der Waals surface area contributed by atoms with E-state index in [2.05, 4.69) is 29.2 Å². The van der Waals surface area contributed by atoms with E-state index >= 15 is 0 Å². The second-order valence-corrected chi connectivity index (χ2v) is 8.68. The van der Waals surface area contributed by atoms with Gasteiger partial charge in [-0.1, -0.05) is 38.8 Å². The smallest absolute Gasteiger partial charge is 0.411 e. The number of nitrogens with zero attached hydrogens (tertiary/aromatic N) is 1. The second-order valence-electron chi connectivity index (χ2n) is 8.68. The highest BCUT2D eigenvalue weighted by molar-refractivity contribution is 5.95. The van der Waals surface area contributed by atoms with Gasteiger partial charge >= 0.3 is 6.09 Å². The van der Waals surface area contributed by atoms with Gasteiger partial charge in [-0.3, -0.25) is 14.9 Å². The molecule has 0 bridgehead atoms. The average molecular weight is 452 g/mol. The molecule has 2 aromatic rings. The Balaban J connectivity index is 1.94. The lowest BCUT2D eigenvalue weighted by atomic mass is 9.70. The Morgan fingerprint density at radius 3 is 2.36 bits per heavy atom. The Morgan fingerprint density at radius 2 is 1.73 bits per heavy atom. The molecule has 176 valence electrons. The zero-order valence-electron chi connectivity index (χ0n) is 19.9. The van der Waals surface area contributed by atoms with Crippen molar-refractivity contribution in [1.29, 1.82) is 0 Å². The molecule has 2 aromatic carbocycles. The van der Waals surface area contributed by atoms with Gasteiger partial charge in [0.25, 0.3) is 0 Å². The number of ether oxygens (including phenoxy) is 1. The van der Waals surface area contributed by atoms with Gasteiger partial charge in [0.15, 0.2) is 0 Å². The molecule has 1 aliphatic rings. The van der Waals surface area contributed by atoms with Crippen LogP contribution in [0, 0.1) is 0 Å². The van der Waals surface area contributed by atoms with E-state index < -0.39 is 6.09 Å². The molecular formula is C26H33N3O4. The van der Waals surface area contributed by atoms with Crippen LogP contribution < -0.4 is 15.5 Å². The zero-order chi connectivity index (χ0) is 24.0. The maximum Gasteiger partial charge on any atom is 0.411 e. The van der Waals surface area contributed by atoms with Crippen LogP contribution >= 0.6 is 0 Å². The first-order chi connectivity index (χ1) is 15.8. The summed E-state index contributed by atoms with van der Waals surface area (Å²) < 4.78 is 4.65. The molecule has 7 nitrogen and oxygen atoms in total. The summed E-state index contributed by atoms with van der Waals surface area (Å²) in [4.78, 5) is 38.0. The number of hydrogen-bond acceptors (Lipinski definition) is 4. The van der Waals surface area contributed by atoms with E-state index in [0.29, 0.717) is 18.7 Å². The van der Waals surface area contributed by atoms with E-state index in [1.165, 1.54) is 7.11 Å². The highest BCUT2D eigenvalue weighted by Gasteiger charge is 2.38. The van der Waals surface area contributed by atoms with Crippen molar-refractivity contribution < 1.29 is 19.1 Å². The molecule has 33 heavy (non-hydrogen) atoms. The van der Waals surface area contributed by atoms with Gasteiger partial charge in [0.05, 0.1) is 7.11 Å². The van der Waals surface area contributed by atoms with Crippen molar-refractivity contribution >= 4 is 35.0 Å². The van der Waals surface area contributed by atoms with Crippen molar-refractivity contribution in [2.75, 3.05) is 29.2 Å². The van der Waals surface area contributed by atoms with Crippen LogP contribution in [0.25, 0.3) is 0 Å². The fourth-order valence-corrected chi connectivity index (χ4v) is 4.36. The van der Waals surface area contributed by atoms with Crippen LogP contribution in [-0.2, 0) is 19.7 Å². The van der Waals surface area contributed by atoms with Crippen LogP contribution in [0.2, 0.25) is 0 Å². The van der Waals surface area contributed by atoms with Gasteiger partial charge in [-0.15, -0.1) is 0 Å². The van der Waals surface area contributed by atoms with E-state index in [4.69, 9.17) is 0 Å². The molecule has 0 saturated heterocycles. The molecule has 0 fully saturated rings. The third-order valence-electron chi connectivity index (χ3n) is 6.34. The molecule has 0 saturated carbocycles. The molecule has 0 aromatic heterocycles. The topological polar surface area (TPSA) is 87.7 Å². The molecule has 3 amide bonds. The lowest BCUT2D eigenvalue weighted by Crippen LogP contribution is -2.41. The van der Waals surface area contributed by atoms with E-state index in [1.54, 1.807) is 11.8 Å². The molecule has 3 rings (SSSR count). The molecule has 0 aliphatic carbocycles. The summed E-state index contributed by atoms with van der Waals surface area (Å²) in [5, 5.41) is 5.68. The number of amides is 3. The third kappa shape index (κ3) is 5.53. The van der Waals surface area contributed by atoms with Crippen LogP contribution in [0.1, 0.15) is 64.0 Å². The molecule has 1 unspecified atom stereocenters. The van der Waals surface area contributed by atoms with E-state index in [9.17, 15) is 14.4 Å². The highest BCUT2D eigenvalue weighted by Crippen LogP contribution is 2.45. The molecule has 1 aliphatic heterocycles. The average Bonchev–Trinajstić information content (AvgIpc) is 2.80. The summed E-state index contributed by atoms with van der Waals surface area (Å²) in [7, 11) is 1.32. The Morgan fingerprint density at radius 1 is 1.03 bits per heavy atom. The zero-order valence-corrected chi connectivity index (χ0v) is 19.9. The van der Waals surface area contributed by atoms with E-state index in [1.807, 2.05) is 42.5 Å². The normalized spacial score (nSPS) is 17.2. The minimum atomic E-state index is -0.520. The van der Waals surface area contributed by atoms with Gasteiger partial charge in [-0.25, -0.2) is 4.79 Å². The van der Waals surface area contributed by atoms with Crippen molar-refractivity contribution in [2.24, 2.45) is 0 Å². The first kappa shape index (κ1) is 24.3. The fraction of sp³-hybridized carbons (Fsp3) is 0.423. The monoisotopic (exact) mass is 451 g/mol. The summed E-state index contributed by atoms with van der Waals surface area (Å²) in [5.74, 6) is -0.00477. The number of fused-ring (bicyclic) bond motifs is 1. The van der Waals surface area contributed by atoms with Gasteiger partial charge < -0.3 is 15.0 Å². The number of benzene rings is 2. The van der Waals surface area contributed by atoms with Crippen LogP contribution in [0.15, 0.2) is 42.5 Å². The number of unbranched alkanes of at least 4 members (excludes halogenated alkanes) is 2. The Labute approximate surface area is 195 Å². The van der Waals surface area contributed by atoms with Gasteiger partial charge in [0, 0.05) is 42.4 Å². The maximum absolute atomic E-state index is 12.4. The van der Waals surface area contributed by atoms with E-state index in [-0.39, 0.29) is 17.2 Å². The van der Waals surface area contributed by atoms with Crippen LogP contribution in [0.3, 0.4) is 0 Å². The van der Waals surface area contributed by atoms with Gasteiger partial charge in [0.1, 0.15) is 0 Å². The number of methoxy groups -OCH3 is 1. The molecule has 1 atom stereocenters. The lowest BCUT2D eigenvalue weighted by molar-refractivity contribution is -0.117. The minimum Gasteiger partial charge on any atom is -0.453 e. The SMILES string of the molecule is CCCCCC(=O)Nc1ccc2c(c1)C(C)(c1ccc(NC(=O)OC)cc1)CCN2C(C)=O. The molecular weight excluding hydrogens is 418 g/mol. The minimum absolute atomic E-state index is 0.00238. The number of rotatable bonds is 7. The molecule has 7 heteroatoms. The van der Waals surface area contributed by atoms with Crippen molar-refractivity contribution in [3.63, 3.8) is 0 Å². The lowest BCUT2D eigenvalue weighted by Gasteiger charge is -2.41. The summed E-state index contributed by atoms with van der Waals surface area (Å²) in [5.41, 5.74) is 3.92. The van der Waals surface area contributed by atoms with Crippen molar-refractivity contribution in [1.82, 2.24) is 0 Å². The number of carbonyl (C=O) groups excluding carboxylic acids is 3. The summed E-state index contributed by atoms with van der Waals surface area (Å²) in [6.45, 7) is 6.44. The molecule has 0 radical (unpaired) electrons. The number of anilines is 3. The van der Waals surface area contributed by atoms with Crippen molar-refractivity contribution in [3.05, 3.63) is 53.6 Å². The summed E-state index contributed by atoms with van der Waals surface area (Å²) >= 11 is 0. The number of hydrogen-bond donors (Lipinski definition) is 2. The number of carbonyl (C=O) groups is 3. The van der Waals surface area contributed by atoms with E-state index in [0.717, 1.165) is 48.2 Å². The largest absolute Gasteiger partial charge is 0.453 e. The Bertz CT molecular complexity index is 1020. The van der Waals surface area contributed by atoms with Gasteiger partial charge in [-0.05, 0) is 54.3 Å². The Kier molecular flexibility index (Phi) is 7.74. The first-order valence-electron chi connectivity index (χ1n) is 11.5. The van der Waals surface area contributed by atoms with Crippen LogP contribution in [-0.4, -0.2) is 31.6 Å². The maximum atomic E-state index is 12.4. The highest BCUT2D eigenvalue weighted by atomic mass is 16.5. The Hall–Kier alpha value is -3.35. The quantitative estimate of drug-likeness (QED) is 0.548. The summed E-state index contributed by atoms with van der Waals surface area (Å²) in [6, 6.07) is 13.4. The van der Waals surface area contributed by atoms with Crippen molar-refractivity contribution in [2.45, 2.75) is 58.3 Å². The molecule has 2 N–H and O–H groups in total. The van der Waals surface area contributed by atoms with Crippen LogP contribution in [0.5, 0.6) is 0 Å². The van der Waals surface area contributed by atoms with Crippen molar-refractivity contribution in [3.8, 4) is 0 Å². The molecule has 0 spiro atoms. The van der Waals surface area contributed by atoms with Gasteiger partial charge in [-0.2, -0.15) is 0 Å². The molecule has 1 heterocycles. The standard InChI is InChI=1S/C26H33N3O4/c1-5-6-7-8-24(31)27-21-13-14-23-22(17-21)26(3,15-16-29(23)18(2)30)19-9-11-20(12-10-19)28-25(32)33-4/h9-14,17H,5-8,15-16H2,1-4H3,(H,27,31)(H,28,32). The first-order valence-corrected chi connectivity index (χ1v) is 11.5. The number of nitrogens with one attached hydrogen (secondary N) is 2. The third-order valence-corrected chi connectivity index (χ3v) is 6.34. The second kappa shape index (κ2) is 10.5. The van der Waals surface area contributed by atoms with Gasteiger partial charge in [0.2, 0.25) is 11.8 Å². The predicted molar refractivity (Wildman–Crippen MR) is 131 cm³/mol.